The lowest BCUT2D eigenvalue weighted by Gasteiger charge is -2.35. The van der Waals surface area contributed by atoms with Crippen LogP contribution >= 0.6 is 0 Å². The molecule has 1 fully saturated rings. The van der Waals surface area contributed by atoms with Gasteiger partial charge >= 0.3 is 0 Å². The summed E-state index contributed by atoms with van der Waals surface area (Å²) in [6.45, 7) is 9.91. The van der Waals surface area contributed by atoms with Crippen molar-refractivity contribution in [1.82, 2.24) is 5.32 Å². The predicted molar refractivity (Wildman–Crippen MR) is 91.3 cm³/mol. The lowest BCUT2D eigenvalue weighted by molar-refractivity contribution is -0.0154. The summed E-state index contributed by atoms with van der Waals surface area (Å²) in [6.07, 6.45) is 1.88. The zero-order valence-electron chi connectivity index (χ0n) is 14.0. The van der Waals surface area contributed by atoms with E-state index in [-0.39, 0.29) is 12.0 Å². The molecule has 0 aliphatic carbocycles. The van der Waals surface area contributed by atoms with Gasteiger partial charge in [-0.2, -0.15) is 0 Å². The molecule has 2 rings (SSSR count). The molecule has 0 radical (unpaired) electrons. The van der Waals surface area contributed by atoms with Gasteiger partial charge in [0, 0.05) is 50.5 Å². The van der Waals surface area contributed by atoms with E-state index >= 15 is 0 Å². The number of nitrogens with one attached hydrogen (secondary N) is 1. The maximum Gasteiger partial charge on any atom is 0.0501 e. The van der Waals surface area contributed by atoms with Crippen molar-refractivity contribution in [2.24, 2.45) is 5.41 Å². The molecule has 1 aliphatic rings. The molecule has 1 saturated heterocycles. The highest BCUT2D eigenvalue weighted by Gasteiger charge is 2.31. The predicted octanol–water partition coefficient (Wildman–Crippen LogP) is 2.41. The van der Waals surface area contributed by atoms with Crippen LogP contribution in [0.5, 0.6) is 0 Å². The first-order valence-corrected chi connectivity index (χ1v) is 8.46. The van der Waals surface area contributed by atoms with Crippen molar-refractivity contribution < 1.29 is 9.84 Å². The molecule has 1 aromatic rings. The topological polar surface area (TPSA) is 44.7 Å². The molecule has 4 heteroatoms. The molecule has 1 aromatic carbocycles. The summed E-state index contributed by atoms with van der Waals surface area (Å²) < 4.78 is 5.40. The number of hydrogen-bond donors (Lipinski definition) is 2. The highest BCUT2D eigenvalue weighted by molar-refractivity contribution is 5.47. The Hall–Kier alpha value is -1.10. The number of anilines is 1. The van der Waals surface area contributed by atoms with Gasteiger partial charge < -0.3 is 20.1 Å². The summed E-state index contributed by atoms with van der Waals surface area (Å²) in [6, 6.07) is 8.77. The lowest BCUT2D eigenvalue weighted by atomic mass is 9.81. The minimum absolute atomic E-state index is 0.000584. The van der Waals surface area contributed by atoms with E-state index in [9.17, 15) is 5.11 Å². The number of ether oxygens (including phenoxy) is 1. The number of aliphatic hydroxyl groups is 1. The zero-order valence-corrected chi connectivity index (χ0v) is 14.0. The van der Waals surface area contributed by atoms with Gasteiger partial charge in [0.15, 0.2) is 0 Å². The molecule has 0 bridgehead atoms. The third kappa shape index (κ3) is 4.45. The monoisotopic (exact) mass is 306 g/mol. The molecular weight excluding hydrogens is 276 g/mol. The summed E-state index contributed by atoms with van der Waals surface area (Å²) in [7, 11) is 0. The first-order chi connectivity index (χ1) is 10.7. The molecule has 2 N–H and O–H groups in total. The third-order valence-corrected chi connectivity index (χ3v) is 4.78. The second-order valence-electron chi connectivity index (χ2n) is 6.21. The van der Waals surface area contributed by atoms with Gasteiger partial charge in [0.05, 0.1) is 6.61 Å². The zero-order chi connectivity index (χ0) is 15.8. The molecule has 22 heavy (non-hydrogen) atoms. The summed E-state index contributed by atoms with van der Waals surface area (Å²) in [5.41, 5.74) is 2.57. The molecular formula is C18H30N2O2. The number of aliphatic hydroxyl groups excluding tert-OH is 1. The summed E-state index contributed by atoms with van der Waals surface area (Å²) in [5.74, 6) is 0. The molecule has 1 aliphatic heterocycles. The number of benzene rings is 1. The van der Waals surface area contributed by atoms with E-state index in [4.69, 9.17) is 4.74 Å². The van der Waals surface area contributed by atoms with Crippen molar-refractivity contribution in [3.63, 3.8) is 0 Å². The Kier molecular flexibility index (Phi) is 6.68. The normalized spacial score (nSPS) is 17.4. The van der Waals surface area contributed by atoms with Crippen molar-refractivity contribution in [3.8, 4) is 0 Å². The largest absolute Gasteiger partial charge is 0.396 e. The molecule has 0 unspecified atom stereocenters. The standard InChI is InChI=1S/C18H30N2O2/c1-3-20(4-2)17-7-5-16(6-8-17)13-19-14-18(15-21)9-11-22-12-10-18/h5-8,19,21H,3-4,9-15H2,1-2H3. The Morgan fingerprint density at radius 3 is 2.32 bits per heavy atom. The van der Waals surface area contributed by atoms with Gasteiger partial charge in [0.2, 0.25) is 0 Å². The van der Waals surface area contributed by atoms with Crippen LogP contribution in [0.25, 0.3) is 0 Å². The molecule has 0 atom stereocenters. The molecule has 1 heterocycles. The molecule has 0 saturated carbocycles. The smallest absolute Gasteiger partial charge is 0.0501 e. The average Bonchev–Trinajstić information content (AvgIpc) is 2.58. The Morgan fingerprint density at radius 1 is 1.14 bits per heavy atom. The van der Waals surface area contributed by atoms with E-state index in [1.807, 2.05) is 0 Å². The number of hydrogen-bond acceptors (Lipinski definition) is 4. The Bertz CT molecular complexity index is 423. The van der Waals surface area contributed by atoms with E-state index in [0.717, 1.165) is 52.2 Å². The van der Waals surface area contributed by atoms with Gasteiger partial charge in [-0.15, -0.1) is 0 Å². The van der Waals surface area contributed by atoms with Crippen LogP contribution in [-0.4, -0.2) is 44.6 Å². The Balaban J connectivity index is 1.84. The van der Waals surface area contributed by atoms with E-state index in [2.05, 4.69) is 48.3 Å². The van der Waals surface area contributed by atoms with E-state index in [1.54, 1.807) is 0 Å². The second-order valence-corrected chi connectivity index (χ2v) is 6.21. The van der Waals surface area contributed by atoms with Crippen LogP contribution in [0.2, 0.25) is 0 Å². The van der Waals surface area contributed by atoms with Gasteiger partial charge in [-0.1, -0.05) is 12.1 Å². The first kappa shape index (κ1) is 17.3. The van der Waals surface area contributed by atoms with Crippen LogP contribution in [0.15, 0.2) is 24.3 Å². The maximum absolute atomic E-state index is 9.69. The van der Waals surface area contributed by atoms with Crippen LogP contribution < -0.4 is 10.2 Å². The van der Waals surface area contributed by atoms with Crippen LogP contribution in [0.1, 0.15) is 32.3 Å². The molecule has 124 valence electrons. The first-order valence-electron chi connectivity index (χ1n) is 8.46. The SMILES string of the molecule is CCN(CC)c1ccc(CNCC2(CO)CCOCC2)cc1. The third-order valence-electron chi connectivity index (χ3n) is 4.78. The quantitative estimate of drug-likeness (QED) is 0.774. The van der Waals surface area contributed by atoms with Crippen LogP contribution in [-0.2, 0) is 11.3 Å². The highest BCUT2D eigenvalue weighted by Crippen LogP contribution is 2.29. The van der Waals surface area contributed by atoms with E-state index in [1.165, 1.54) is 11.3 Å². The van der Waals surface area contributed by atoms with Gasteiger partial charge in [0.1, 0.15) is 0 Å². The fraction of sp³-hybridized carbons (Fsp3) is 0.667. The lowest BCUT2D eigenvalue weighted by Crippen LogP contribution is -2.41. The fourth-order valence-electron chi connectivity index (χ4n) is 3.08. The van der Waals surface area contributed by atoms with Crippen LogP contribution in [0, 0.1) is 5.41 Å². The van der Waals surface area contributed by atoms with E-state index in [0.29, 0.717) is 0 Å². The fourth-order valence-corrected chi connectivity index (χ4v) is 3.08. The van der Waals surface area contributed by atoms with Gasteiger partial charge in [0.25, 0.3) is 0 Å². The number of rotatable bonds is 8. The Morgan fingerprint density at radius 2 is 1.77 bits per heavy atom. The summed E-state index contributed by atoms with van der Waals surface area (Å²) >= 11 is 0. The van der Waals surface area contributed by atoms with Crippen molar-refractivity contribution in [2.75, 3.05) is 44.4 Å². The van der Waals surface area contributed by atoms with E-state index < -0.39 is 0 Å². The second kappa shape index (κ2) is 8.51. The van der Waals surface area contributed by atoms with Crippen molar-refractivity contribution in [2.45, 2.75) is 33.2 Å². The molecule has 0 amide bonds. The van der Waals surface area contributed by atoms with Crippen molar-refractivity contribution in [3.05, 3.63) is 29.8 Å². The minimum atomic E-state index is -0.000584. The molecule has 4 nitrogen and oxygen atoms in total. The minimum Gasteiger partial charge on any atom is -0.396 e. The van der Waals surface area contributed by atoms with Crippen molar-refractivity contribution in [1.29, 1.82) is 0 Å². The Labute approximate surface area is 134 Å². The van der Waals surface area contributed by atoms with Crippen molar-refractivity contribution >= 4 is 5.69 Å². The van der Waals surface area contributed by atoms with Gasteiger partial charge in [-0.25, -0.2) is 0 Å². The summed E-state index contributed by atoms with van der Waals surface area (Å²) in [4.78, 5) is 2.35. The molecule has 0 aromatic heterocycles. The maximum atomic E-state index is 9.69. The number of nitrogens with zero attached hydrogens (tertiary/aromatic N) is 1. The van der Waals surface area contributed by atoms with Crippen LogP contribution in [0.4, 0.5) is 5.69 Å². The molecule has 0 spiro atoms. The highest BCUT2D eigenvalue weighted by atomic mass is 16.5. The van der Waals surface area contributed by atoms with Crippen LogP contribution in [0.3, 0.4) is 0 Å². The van der Waals surface area contributed by atoms with Gasteiger partial charge in [-0.05, 0) is 44.4 Å². The average molecular weight is 306 g/mol. The van der Waals surface area contributed by atoms with Gasteiger partial charge in [-0.3, -0.25) is 0 Å². The summed E-state index contributed by atoms with van der Waals surface area (Å²) in [5, 5.41) is 13.2.